The van der Waals surface area contributed by atoms with Gasteiger partial charge in [0, 0.05) is 13.1 Å². The van der Waals surface area contributed by atoms with Crippen molar-refractivity contribution in [1.82, 2.24) is 5.06 Å². The Morgan fingerprint density at radius 3 is 2.55 bits per heavy atom. The number of nitrogens with zero attached hydrogens (tertiary/aromatic N) is 1. The summed E-state index contributed by atoms with van der Waals surface area (Å²) in [7, 11) is 3.08. The smallest absolute Gasteiger partial charge is 0.412 e. The number of hydroxylamine groups is 2. The first kappa shape index (κ1) is 16.3. The minimum absolute atomic E-state index is 0.273. The zero-order valence-electron chi connectivity index (χ0n) is 12.6. The highest BCUT2D eigenvalue weighted by atomic mass is 16.6. The lowest BCUT2D eigenvalue weighted by atomic mass is 10.1. The van der Waals surface area contributed by atoms with E-state index in [1.807, 2.05) is 0 Å². The molecule has 0 atom stereocenters. The van der Waals surface area contributed by atoms with Crippen LogP contribution in [-0.2, 0) is 11.3 Å². The number of carbonyl (C=O) groups is 1. The molecule has 6 heteroatoms. The van der Waals surface area contributed by atoms with Crippen molar-refractivity contribution < 1.29 is 19.5 Å². The Bertz CT molecular complexity index is 467. The molecule has 6 nitrogen and oxygen atoms in total. The minimum atomic E-state index is -0.573. The fourth-order valence-electron chi connectivity index (χ4n) is 1.60. The van der Waals surface area contributed by atoms with E-state index in [1.165, 1.54) is 7.05 Å². The van der Waals surface area contributed by atoms with E-state index in [4.69, 9.17) is 9.47 Å². The Kier molecular flexibility index (Phi) is 5.35. The molecule has 20 heavy (non-hydrogen) atoms. The molecule has 1 amide bonds. The molecule has 0 bridgehead atoms. The van der Waals surface area contributed by atoms with Crippen molar-refractivity contribution in [3.63, 3.8) is 0 Å². The van der Waals surface area contributed by atoms with E-state index >= 15 is 0 Å². The number of amides is 1. The second-order valence-corrected chi connectivity index (χ2v) is 5.47. The van der Waals surface area contributed by atoms with Crippen LogP contribution in [0.1, 0.15) is 26.3 Å². The van der Waals surface area contributed by atoms with Crippen molar-refractivity contribution in [2.45, 2.75) is 32.9 Å². The molecule has 0 fully saturated rings. The molecule has 0 saturated heterocycles. The van der Waals surface area contributed by atoms with E-state index in [9.17, 15) is 10.0 Å². The monoisotopic (exact) mass is 282 g/mol. The lowest BCUT2D eigenvalue weighted by Gasteiger charge is -2.21. The Labute approximate surface area is 119 Å². The molecule has 112 valence electrons. The zero-order valence-corrected chi connectivity index (χ0v) is 12.6. The highest BCUT2D eigenvalue weighted by Gasteiger charge is 2.17. The van der Waals surface area contributed by atoms with Gasteiger partial charge < -0.3 is 14.7 Å². The molecule has 0 aliphatic heterocycles. The highest BCUT2D eigenvalue weighted by molar-refractivity contribution is 5.86. The molecule has 1 rings (SSSR count). The molecule has 0 spiro atoms. The summed E-state index contributed by atoms with van der Waals surface area (Å²) in [5, 5.41) is 13.0. The van der Waals surface area contributed by atoms with Gasteiger partial charge in [-0.3, -0.25) is 5.32 Å². The van der Waals surface area contributed by atoms with E-state index in [1.54, 1.807) is 46.1 Å². The number of nitrogens with one attached hydrogen (secondary N) is 1. The van der Waals surface area contributed by atoms with E-state index in [0.29, 0.717) is 11.4 Å². The molecule has 0 aromatic heterocycles. The lowest BCUT2D eigenvalue weighted by molar-refractivity contribution is -0.0730. The number of anilines is 1. The number of benzene rings is 1. The number of hydrogen-bond donors (Lipinski definition) is 2. The molecule has 0 radical (unpaired) electrons. The molecule has 0 saturated carbocycles. The molecule has 1 aromatic rings. The van der Waals surface area contributed by atoms with Gasteiger partial charge >= 0.3 is 6.09 Å². The SMILES string of the molecule is COc1ccc(CN(C)O)c(NC(=O)OC(C)(C)C)c1. The van der Waals surface area contributed by atoms with Crippen LogP contribution in [0.5, 0.6) is 5.75 Å². The number of carbonyl (C=O) groups excluding carboxylic acids is 1. The average molecular weight is 282 g/mol. The third-order valence-corrected chi connectivity index (χ3v) is 2.35. The van der Waals surface area contributed by atoms with Crippen molar-refractivity contribution in [2.24, 2.45) is 0 Å². The predicted molar refractivity (Wildman–Crippen MR) is 76.1 cm³/mol. The van der Waals surface area contributed by atoms with Crippen molar-refractivity contribution in [3.8, 4) is 5.75 Å². The third kappa shape index (κ3) is 5.46. The molecule has 0 aliphatic carbocycles. The largest absolute Gasteiger partial charge is 0.497 e. The van der Waals surface area contributed by atoms with Gasteiger partial charge in [-0.05, 0) is 32.4 Å². The fourth-order valence-corrected chi connectivity index (χ4v) is 1.60. The molecule has 0 unspecified atom stereocenters. The van der Waals surface area contributed by atoms with Crippen LogP contribution >= 0.6 is 0 Å². The number of hydrogen-bond acceptors (Lipinski definition) is 5. The topological polar surface area (TPSA) is 71.0 Å². The first-order valence-corrected chi connectivity index (χ1v) is 6.28. The van der Waals surface area contributed by atoms with Gasteiger partial charge in [-0.2, -0.15) is 5.06 Å². The Balaban J connectivity index is 2.92. The zero-order chi connectivity index (χ0) is 15.3. The summed E-state index contributed by atoms with van der Waals surface area (Å²) >= 11 is 0. The molecular weight excluding hydrogens is 260 g/mol. The van der Waals surface area contributed by atoms with Gasteiger partial charge in [-0.15, -0.1) is 0 Å². The van der Waals surface area contributed by atoms with Crippen LogP contribution in [0.2, 0.25) is 0 Å². The molecule has 1 aromatic carbocycles. The van der Waals surface area contributed by atoms with Crippen LogP contribution in [0.15, 0.2) is 18.2 Å². The van der Waals surface area contributed by atoms with Gasteiger partial charge in [-0.1, -0.05) is 6.07 Å². The summed E-state index contributed by atoms with van der Waals surface area (Å²) in [5.41, 5.74) is 0.720. The summed E-state index contributed by atoms with van der Waals surface area (Å²) in [5.74, 6) is 0.611. The molecule has 0 heterocycles. The summed E-state index contributed by atoms with van der Waals surface area (Å²) in [6.45, 7) is 5.65. The van der Waals surface area contributed by atoms with Gasteiger partial charge in [0.05, 0.1) is 19.3 Å². The van der Waals surface area contributed by atoms with Crippen LogP contribution in [0, 0.1) is 0 Å². The van der Waals surface area contributed by atoms with Gasteiger partial charge in [-0.25, -0.2) is 4.79 Å². The summed E-state index contributed by atoms with van der Waals surface area (Å²) < 4.78 is 10.3. The van der Waals surface area contributed by atoms with E-state index < -0.39 is 11.7 Å². The molecule has 0 aliphatic rings. The first-order chi connectivity index (χ1) is 9.21. The first-order valence-electron chi connectivity index (χ1n) is 6.28. The highest BCUT2D eigenvalue weighted by Crippen LogP contribution is 2.24. The second kappa shape index (κ2) is 6.58. The maximum Gasteiger partial charge on any atom is 0.412 e. The number of rotatable bonds is 4. The second-order valence-electron chi connectivity index (χ2n) is 5.47. The Morgan fingerprint density at radius 1 is 1.40 bits per heavy atom. The van der Waals surface area contributed by atoms with Crippen LogP contribution in [0.4, 0.5) is 10.5 Å². The minimum Gasteiger partial charge on any atom is -0.497 e. The van der Waals surface area contributed by atoms with Crippen molar-refractivity contribution >= 4 is 11.8 Å². The fraction of sp³-hybridized carbons (Fsp3) is 0.500. The quantitative estimate of drug-likeness (QED) is 0.831. The van der Waals surface area contributed by atoms with Crippen LogP contribution in [0.3, 0.4) is 0 Å². The molecule has 2 N–H and O–H groups in total. The normalized spacial score (nSPS) is 11.3. The standard InChI is InChI=1S/C14H22N2O4/c1-14(2,3)20-13(17)15-12-8-11(19-5)7-6-10(12)9-16(4)18/h6-8,18H,9H2,1-5H3,(H,15,17). The third-order valence-electron chi connectivity index (χ3n) is 2.35. The van der Waals surface area contributed by atoms with Crippen LogP contribution < -0.4 is 10.1 Å². The predicted octanol–water partition coefficient (Wildman–Crippen LogP) is 2.86. The summed E-state index contributed by atoms with van der Waals surface area (Å²) in [6.07, 6.45) is -0.549. The Morgan fingerprint density at radius 2 is 2.05 bits per heavy atom. The van der Waals surface area contributed by atoms with Crippen LogP contribution in [-0.4, -0.2) is 36.1 Å². The number of methoxy groups -OCH3 is 1. The van der Waals surface area contributed by atoms with Gasteiger partial charge in [0.15, 0.2) is 0 Å². The van der Waals surface area contributed by atoms with Gasteiger partial charge in [0.2, 0.25) is 0 Å². The van der Waals surface area contributed by atoms with Gasteiger partial charge in [0.1, 0.15) is 11.4 Å². The lowest BCUT2D eigenvalue weighted by Crippen LogP contribution is -2.27. The van der Waals surface area contributed by atoms with E-state index in [-0.39, 0.29) is 6.54 Å². The summed E-state index contributed by atoms with van der Waals surface area (Å²) in [6, 6.07) is 5.22. The maximum absolute atomic E-state index is 11.8. The maximum atomic E-state index is 11.8. The van der Waals surface area contributed by atoms with E-state index in [0.717, 1.165) is 10.6 Å². The summed E-state index contributed by atoms with van der Waals surface area (Å²) in [4.78, 5) is 11.8. The van der Waals surface area contributed by atoms with Crippen molar-refractivity contribution in [3.05, 3.63) is 23.8 Å². The Hall–Kier alpha value is -1.79. The van der Waals surface area contributed by atoms with Crippen molar-refractivity contribution in [2.75, 3.05) is 19.5 Å². The molecular formula is C14H22N2O4. The van der Waals surface area contributed by atoms with Crippen LogP contribution in [0.25, 0.3) is 0 Å². The average Bonchev–Trinajstić information content (AvgIpc) is 2.28. The van der Waals surface area contributed by atoms with E-state index in [2.05, 4.69) is 5.32 Å². The van der Waals surface area contributed by atoms with Gasteiger partial charge in [0.25, 0.3) is 0 Å². The van der Waals surface area contributed by atoms with Crippen molar-refractivity contribution in [1.29, 1.82) is 0 Å². The number of ether oxygens (including phenoxy) is 2.